The lowest BCUT2D eigenvalue weighted by atomic mass is 10.2. The molecule has 2 rings (SSSR count). The quantitative estimate of drug-likeness (QED) is 0.461. The van der Waals surface area contributed by atoms with Gasteiger partial charge in [0.25, 0.3) is 5.69 Å². The number of aromatic nitrogens is 3. The molecule has 18 heavy (non-hydrogen) atoms. The predicted octanol–water partition coefficient (Wildman–Crippen LogP) is 0.881. The first-order valence-electron chi connectivity index (χ1n) is 5.28. The second-order valence-electron chi connectivity index (χ2n) is 3.66. The molecule has 0 aliphatic carbocycles. The average molecular weight is 248 g/mol. The van der Waals surface area contributed by atoms with E-state index >= 15 is 0 Å². The fourth-order valence-corrected chi connectivity index (χ4v) is 1.51. The number of nitrogens with zero attached hydrogens (tertiary/aromatic N) is 4. The van der Waals surface area contributed by atoms with Crippen LogP contribution >= 0.6 is 0 Å². The summed E-state index contributed by atoms with van der Waals surface area (Å²) in [7, 11) is 0. The van der Waals surface area contributed by atoms with Crippen molar-refractivity contribution in [3.8, 4) is 0 Å². The molecule has 0 unspecified atom stereocenters. The van der Waals surface area contributed by atoms with Crippen LogP contribution in [0.2, 0.25) is 0 Å². The molecule has 3 N–H and O–H groups in total. The van der Waals surface area contributed by atoms with E-state index in [0.717, 1.165) is 0 Å². The van der Waals surface area contributed by atoms with Crippen molar-refractivity contribution in [3.05, 3.63) is 40.7 Å². The highest BCUT2D eigenvalue weighted by atomic mass is 16.6. The number of nitrogen functional groups attached to an aromatic ring is 1. The molecule has 1 heterocycles. The van der Waals surface area contributed by atoms with E-state index in [1.54, 1.807) is 23.1 Å². The summed E-state index contributed by atoms with van der Waals surface area (Å²) in [6.45, 7) is 1.19. The SMILES string of the molecule is Nc1cc(NCCn2ccnn2)cc([N+](=O)[O-])c1. The van der Waals surface area contributed by atoms with E-state index in [-0.39, 0.29) is 5.69 Å². The first-order chi connectivity index (χ1) is 8.65. The number of hydrogen-bond acceptors (Lipinski definition) is 6. The van der Waals surface area contributed by atoms with Crippen molar-refractivity contribution in [2.75, 3.05) is 17.6 Å². The minimum Gasteiger partial charge on any atom is -0.398 e. The molecule has 0 bridgehead atoms. The zero-order valence-corrected chi connectivity index (χ0v) is 9.48. The first-order valence-corrected chi connectivity index (χ1v) is 5.28. The monoisotopic (exact) mass is 248 g/mol. The van der Waals surface area contributed by atoms with Gasteiger partial charge in [-0.1, -0.05) is 5.21 Å². The minimum absolute atomic E-state index is 0.0294. The molecule has 1 aromatic heterocycles. The first kappa shape index (κ1) is 11.8. The summed E-state index contributed by atoms with van der Waals surface area (Å²) in [4.78, 5) is 10.2. The van der Waals surface area contributed by atoms with Crippen molar-refractivity contribution < 1.29 is 4.92 Å². The Morgan fingerprint density at radius 3 is 2.94 bits per heavy atom. The highest BCUT2D eigenvalue weighted by Crippen LogP contribution is 2.21. The van der Waals surface area contributed by atoms with Gasteiger partial charge in [0.05, 0.1) is 17.7 Å². The Kier molecular flexibility index (Phi) is 3.37. The molecular formula is C10H12N6O2. The van der Waals surface area contributed by atoms with Crippen LogP contribution in [-0.2, 0) is 6.54 Å². The lowest BCUT2D eigenvalue weighted by Crippen LogP contribution is -2.11. The lowest BCUT2D eigenvalue weighted by molar-refractivity contribution is -0.384. The fraction of sp³-hybridized carbons (Fsp3) is 0.200. The number of nitrogens with one attached hydrogen (secondary N) is 1. The Morgan fingerprint density at radius 2 is 2.28 bits per heavy atom. The van der Waals surface area contributed by atoms with E-state index in [0.29, 0.717) is 24.5 Å². The zero-order chi connectivity index (χ0) is 13.0. The van der Waals surface area contributed by atoms with Crippen LogP contribution in [0.3, 0.4) is 0 Å². The van der Waals surface area contributed by atoms with Gasteiger partial charge in [0.1, 0.15) is 0 Å². The van der Waals surface area contributed by atoms with Crippen LogP contribution < -0.4 is 11.1 Å². The molecule has 0 saturated carbocycles. The van der Waals surface area contributed by atoms with Gasteiger partial charge in [0.2, 0.25) is 0 Å². The van der Waals surface area contributed by atoms with Gasteiger partial charge in [-0.3, -0.25) is 14.8 Å². The smallest absolute Gasteiger partial charge is 0.273 e. The van der Waals surface area contributed by atoms with Gasteiger partial charge in [-0.25, -0.2) is 0 Å². The van der Waals surface area contributed by atoms with E-state index < -0.39 is 4.92 Å². The number of nitrogens with two attached hydrogens (primary N) is 1. The van der Waals surface area contributed by atoms with Gasteiger partial charge < -0.3 is 11.1 Å². The van der Waals surface area contributed by atoms with Crippen molar-refractivity contribution in [2.24, 2.45) is 0 Å². The second kappa shape index (κ2) is 5.13. The number of benzene rings is 1. The second-order valence-corrected chi connectivity index (χ2v) is 3.66. The molecule has 0 aliphatic heterocycles. The summed E-state index contributed by atoms with van der Waals surface area (Å²) < 4.78 is 1.66. The third-order valence-electron chi connectivity index (χ3n) is 2.29. The van der Waals surface area contributed by atoms with E-state index in [9.17, 15) is 10.1 Å². The summed E-state index contributed by atoms with van der Waals surface area (Å²) >= 11 is 0. The van der Waals surface area contributed by atoms with E-state index in [1.165, 1.54) is 12.1 Å². The number of non-ortho nitro benzene ring substituents is 1. The van der Waals surface area contributed by atoms with Crippen LogP contribution in [0.25, 0.3) is 0 Å². The molecule has 1 aromatic carbocycles. The van der Waals surface area contributed by atoms with Crippen molar-refractivity contribution >= 4 is 17.1 Å². The molecule has 94 valence electrons. The third-order valence-corrected chi connectivity index (χ3v) is 2.29. The Balaban J connectivity index is 1.98. The number of rotatable bonds is 5. The molecule has 0 radical (unpaired) electrons. The molecule has 8 heteroatoms. The Morgan fingerprint density at radius 1 is 1.44 bits per heavy atom. The normalized spacial score (nSPS) is 10.2. The van der Waals surface area contributed by atoms with Crippen molar-refractivity contribution in [3.63, 3.8) is 0 Å². The molecule has 0 spiro atoms. The van der Waals surface area contributed by atoms with Gasteiger partial charge in [0.15, 0.2) is 0 Å². The molecule has 0 amide bonds. The van der Waals surface area contributed by atoms with Crippen LogP contribution in [0.4, 0.5) is 17.1 Å². The summed E-state index contributed by atoms with van der Waals surface area (Å²) in [5.74, 6) is 0. The Hall–Kier alpha value is -2.64. The maximum atomic E-state index is 10.7. The maximum Gasteiger partial charge on any atom is 0.273 e. The van der Waals surface area contributed by atoms with Crippen LogP contribution in [0.15, 0.2) is 30.6 Å². The molecule has 2 aromatic rings. The van der Waals surface area contributed by atoms with Gasteiger partial charge >= 0.3 is 0 Å². The molecule has 0 aliphatic rings. The largest absolute Gasteiger partial charge is 0.398 e. The lowest BCUT2D eigenvalue weighted by Gasteiger charge is -2.07. The van der Waals surface area contributed by atoms with Gasteiger partial charge in [-0.15, -0.1) is 5.10 Å². The highest BCUT2D eigenvalue weighted by Gasteiger charge is 2.07. The fourth-order valence-electron chi connectivity index (χ4n) is 1.51. The van der Waals surface area contributed by atoms with Gasteiger partial charge in [-0.05, 0) is 6.07 Å². The molecule has 0 saturated heterocycles. The summed E-state index contributed by atoms with van der Waals surface area (Å²) in [6, 6.07) is 4.41. The molecule has 0 fully saturated rings. The van der Waals surface area contributed by atoms with E-state index in [1.807, 2.05) is 0 Å². The Bertz CT molecular complexity index is 539. The van der Waals surface area contributed by atoms with E-state index in [2.05, 4.69) is 15.6 Å². The summed E-state index contributed by atoms with van der Waals surface area (Å²) in [5.41, 5.74) is 6.53. The topological polar surface area (TPSA) is 112 Å². The number of hydrogen-bond donors (Lipinski definition) is 2. The highest BCUT2D eigenvalue weighted by molar-refractivity contribution is 5.61. The van der Waals surface area contributed by atoms with Crippen LogP contribution in [0.1, 0.15) is 0 Å². The minimum atomic E-state index is -0.473. The van der Waals surface area contributed by atoms with Crippen molar-refractivity contribution in [1.82, 2.24) is 15.0 Å². The number of nitro benzene ring substituents is 1. The molecule has 8 nitrogen and oxygen atoms in total. The predicted molar refractivity (Wildman–Crippen MR) is 66.0 cm³/mol. The van der Waals surface area contributed by atoms with Crippen molar-refractivity contribution in [1.29, 1.82) is 0 Å². The average Bonchev–Trinajstić information content (AvgIpc) is 2.81. The zero-order valence-electron chi connectivity index (χ0n) is 9.48. The number of nitro groups is 1. The van der Waals surface area contributed by atoms with E-state index in [4.69, 9.17) is 5.73 Å². The van der Waals surface area contributed by atoms with Crippen LogP contribution in [0, 0.1) is 10.1 Å². The summed E-state index contributed by atoms with van der Waals surface area (Å²) in [6.07, 6.45) is 3.33. The number of anilines is 2. The molecule has 0 atom stereocenters. The summed E-state index contributed by atoms with van der Waals surface area (Å²) in [5, 5.41) is 21.2. The van der Waals surface area contributed by atoms with Crippen LogP contribution in [0.5, 0.6) is 0 Å². The Labute approximate surface area is 103 Å². The maximum absolute atomic E-state index is 10.7. The standard InChI is InChI=1S/C10H12N6O2/c11-8-5-9(7-10(6-8)16(17)18)12-1-3-15-4-2-13-14-15/h2,4-7,12H,1,3,11H2. The third kappa shape index (κ3) is 2.94. The van der Waals surface area contributed by atoms with Crippen LogP contribution in [-0.4, -0.2) is 26.5 Å². The van der Waals surface area contributed by atoms with Crippen molar-refractivity contribution in [2.45, 2.75) is 6.54 Å². The van der Waals surface area contributed by atoms with Gasteiger partial charge in [0, 0.05) is 36.2 Å². The molecular weight excluding hydrogens is 236 g/mol. The van der Waals surface area contributed by atoms with Gasteiger partial charge in [-0.2, -0.15) is 0 Å².